The van der Waals surface area contributed by atoms with Crippen LogP contribution in [0.1, 0.15) is 52.9 Å². The Morgan fingerprint density at radius 3 is 2.59 bits per heavy atom. The second-order valence-electron chi connectivity index (χ2n) is 5.87. The number of carbonyl (C=O) groups is 1. The van der Waals surface area contributed by atoms with Gasteiger partial charge in [-0.3, -0.25) is 4.79 Å². The van der Waals surface area contributed by atoms with Crippen LogP contribution >= 0.6 is 0 Å². The van der Waals surface area contributed by atoms with Crippen LogP contribution in [-0.4, -0.2) is 11.6 Å². The van der Waals surface area contributed by atoms with E-state index in [1.807, 2.05) is 26.8 Å². The second-order valence-corrected chi connectivity index (χ2v) is 5.87. The molecule has 0 radical (unpaired) electrons. The first kappa shape index (κ1) is 14.0. The number of carbonyl (C=O) groups excluding carboxylic acids is 1. The molecule has 1 aliphatic rings. The Morgan fingerprint density at radius 2 is 2.18 bits per heavy atom. The lowest BCUT2D eigenvalue weighted by atomic mass is 9.78. The maximum atomic E-state index is 12.4. The summed E-state index contributed by atoms with van der Waals surface area (Å²) in [5.41, 5.74) is 0.149. The molecule has 0 aliphatic heterocycles. The number of esters is 1. The molecule has 0 amide bonds. The van der Waals surface area contributed by atoms with Crippen molar-refractivity contribution in [2.24, 2.45) is 5.41 Å². The van der Waals surface area contributed by atoms with Crippen LogP contribution in [0, 0.1) is 5.41 Å². The summed E-state index contributed by atoms with van der Waals surface area (Å²) < 4.78 is 5.56. The Balaban J connectivity index is 2.87. The fourth-order valence-electron chi connectivity index (χ4n) is 2.39. The normalized spacial score (nSPS) is 24.8. The van der Waals surface area contributed by atoms with Gasteiger partial charge in [0.25, 0.3) is 0 Å². The van der Waals surface area contributed by atoms with Crippen LogP contribution in [0.3, 0.4) is 0 Å². The van der Waals surface area contributed by atoms with Crippen molar-refractivity contribution in [2.45, 2.75) is 58.5 Å². The SMILES string of the molecule is C=CCC[C@]1(C(=O)OC(C)(C)C)CCCC1=C. The largest absolute Gasteiger partial charge is 0.459 e. The van der Waals surface area contributed by atoms with Crippen LogP contribution in [0.4, 0.5) is 0 Å². The van der Waals surface area contributed by atoms with Crippen molar-refractivity contribution < 1.29 is 9.53 Å². The minimum Gasteiger partial charge on any atom is -0.459 e. The van der Waals surface area contributed by atoms with Crippen LogP contribution < -0.4 is 0 Å². The zero-order chi connectivity index (χ0) is 13.1. The van der Waals surface area contributed by atoms with Gasteiger partial charge in [-0.1, -0.05) is 18.2 Å². The zero-order valence-electron chi connectivity index (χ0n) is 11.3. The molecule has 0 aromatic carbocycles. The summed E-state index contributed by atoms with van der Waals surface area (Å²) in [6, 6.07) is 0. The lowest BCUT2D eigenvalue weighted by molar-refractivity contribution is -0.165. The standard InChI is InChI=1S/C15H24O2/c1-6-7-10-15(11-8-9-12(15)2)13(16)17-14(3,4)5/h6H,1-2,7-11H2,3-5H3/t15-/m0/s1. The molecule has 0 unspecified atom stereocenters. The smallest absolute Gasteiger partial charge is 0.316 e. The molecular weight excluding hydrogens is 212 g/mol. The first-order valence-corrected chi connectivity index (χ1v) is 6.34. The topological polar surface area (TPSA) is 26.3 Å². The van der Waals surface area contributed by atoms with E-state index in [1.54, 1.807) is 0 Å². The summed E-state index contributed by atoms with van der Waals surface area (Å²) in [7, 11) is 0. The highest BCUT2D eigenvalue weighted by atomic mass is 16.6. The molecule has 1 rings (SSSR count). The van der Waals surface area contributed by atoms with Gasteiger partial charge in [-0.25, -0.2) is 0 Å². The van der Waals surface area contributed by atoms with Gasteiger partial charge in [-0.15, -0.1) is 6.58 Å². The van der Waals surface area contributed by atoms with Gasteiger partial charge in [0.1, 0.15) is 5.60 Å². The average molecular weight is 236 g/mol. The molecule has 0 bridgehead atoms. The molecule has 0 spiro atoms. The van der Waals surface area contributed by atoms with Gasteiger partial charge >= 0.3 is 5.97 Å². The van der Waals surface area contributed by atoms with Crippen molar-refractivity contribution in [3.8, 4) is 0 Å². The van der Waals surface area contributed by atoms with Gasteiger partial charge in [0.15, 0.2) is 0 Å². The lowest BCUT2D eigenvalue weighted by Gasteiger charge is -2.32. The van der Waals surface area contributed by atoms with Crippen molar-refractivity contribution in [2.75, 3.05) is 0 Å². The number of allylic oxidation sites excluding steroid dienone is 1. The third-order valence-electron chi connectivity index (χ3n) is 3.32. The quantitative estimate of drug-likeness (QED) is 0.544. The molecule has 1 saturated carbocycles. The van der Waals surface area contributed by atoms with Crippen LogP contribution in [0.25, 0.3) is 0 Å². The monoisotopic (exact) mass is 236 g/mol. The summed E-state index contributed by atoms with van der Waals surface area (Å²) in [6.07, 6.45) is 6.32. The molecule has 0 saturated heterocycles. The molecule has 2 heteroatoms. The summed E-state index contributed by atoms with van der Waals surface area (Å²) >= 11 is 0. The fraction of sp³-hybridized carbons (Fsp3) is 0.667. The Hall–Kier alpha value is -1.05. The molecule has 0 heterocycles. The summed E-state index contributed by atoms with van der Waals surface area (Å²) in [5.74, 6) is -0.102. The Labute approximate surface area is 105 Å². The van der Waals surface area contributed by atoms with Crippen LogP contribution in [0.2, 0.25) is 0 Å². The van der Waals surface area contributed by atoms with Crippen molar-refractivity contribution in [3.05, 3.63) is 24.8 Å². The Kier molecular flexibility index (Phi) is 4.18. The molecule has 17 heavy (non-hydrogen) atoms. The minimum absolute atomic E-state index is 0.102. The highest BCUT2D eigenvalue weighted by Gasteiger charge is 2.45. The van der Waals surface area contributed by atoms with E-state index in [9.17, 15) is 4.79 Å². The van der Waals surface area contributed by atoms with Crippen LogP contribution in [0.15, 0.2) is 24.8 Å². The predicted molar refractivity (Wildman–Crippen MR) is 70.7 cm³/mol. The van der Waals surface area contributed by atoms with E-state index in [0.717, 1.165) is 37.7 Å². The first-order valence-electron chi connectivity index (χ1n) is 6.34. The number of hydrogen-bond donors (Lipinski definition) is 0. The summed E-state index contributed by atoms with van der Waals surface area (Å²) in [5, 5.41) is 0. The van der Waals surface area contributed by atoms with E-state index < -0.39 is 11.0 Å². The van der Waals surface area contributed by atoms with Gasteiger partial charge in [0.2, 0.25) is 0 Å². The molecule has 1 aliphatic carbocycles. The number of hydrogen-bond acceptors (Lipinski definition) is 2. The predicted octanol–water partition coefficient (Wildman–Crippen LogP) is 4.02. The molecule has 0 aromatic rings. The Bertz CT molecular complexity index is 322. The Morgan fingerprint density at radius 1 is 1.53 bits per heavy atom. The molecular formula is C15H24O2. The number of rotatable bonds is 4. The van der Waals surface area contributed by atoms with E-state index >= 15 is 0 Å². The van der Waals surface area contributed by atoms with E-state index in [0.29, 0.717) is 0 Å². The van der Waals surface area contributed by atoms with Gasteiger partial charge in [0.05, 0.1) is 5.41 Å². The zero-order valence-corrected chi connectivity index (χ0v) is 11.3. The third-order valence-corrected chi connectivity index (χ3v) is 3.32. The number of ether oxygens (including phenoxy) is 1. The lowest BCUT2D eigenvalue weighted by Crippen LogP contribution is -2.37. The van der Waals surface area contributed by atoms with Gasteiger partial charge in [-0.05, 0) is 52.9 Å². The van der Waals surface area contributed by atoms with Crippen LogP contribution in [-0.2, 0) is 9.53 Å². The summed E-state index contributed by atoms with van der Waals surface area (Å²) in [4.78, 5) is 12.4. The second kappa shape index (κ2) is 5.07. The molecule has 0 aromatic heterocycles. The first-order chi connectivity index (χ1) is 7.82. The van der Waals surface area contributed by atoms with Crippen molar-refractivity contribution >= 4 is 5.97 Å². The molecule has 2 nitrogen and oxygen atoms in total. The van der Waals surface area contributed by atoms with Gasteiger partial charge in [-0.2, -0.15) is 0 Å². The van der Waals surface area contributed by atoms with Crippen molar-refractivity contribution in [3.63, 3.8) is 0 Å². The van der Waals surface area contributed by atoms with Crippen molar-refractivity contribution in [1.29, 1.82) is 0 Å². The van der Waals surface area contributed by atoms with Crippen LogP contribution in [0.5, 0.6) is 0 Å². The van der Waals surface area contributed by atoms with Gasteiger partial charge in [0, 0.05) is 0 Å². The molecule has 0 N–H and O–H groups in total. The minimum atomic E-state index is -0.457. The van der Waals surface area contributed by atoms with E-state index in [2.05, 4.69) is 13.2 Å². The average Bonchev–Trinajstić information content (AvgIpc) is 2.55. The van der Waals surface area contributed by atoms with E-state index in [1.165, 1.54) is 0 Å². The van der Waals surface area contributed by atoms with E-state index in [4.69, 9.17) is 4.74 Å². The highest BCUT2D eigenvalue weighted by molar-refractivity contribution is 5.81. The molecule has 1 fully saturated rings. The fourth-order valence-corrected chi connectivity index (χ4v) is 2.39. The summed E-state index contributed by atoms with van der Waals surface area (Å²) in [6.45, 7) is 13.5. The van der Waals surface area contributed by atoms with E-state index in [-0.39, 0.29) is 5.97 Å². The highest BCUT2D eigenvalue weighted by Crippen LogP contribution is 2.47. The maximum Gasteiger partial charge on any atom is 0.316 e. The van der Waals surface area contributed by atoms with Gasteiger partial charge < -0.3 is 4.74 Å². The molecule has 1 atom stereocenters. The van der Waals surface area contributed by atoms with Crippen molar-refractivity contribution in [1.82, 2.24) is 0 Å². The maximum absolute atomic E-state index is 12.4. The third kappa shape index (κ3) is 3.21. The molecule has 96 valence electrons.